The van der Waals surface area contributed by atoms with E-state index in [2.05, 4.69) is 9.47 Å². The maximum absolute atomic E-state index is 12.2. The molecule has 0 bridgehead atoms. The molecule has 0 rings (SSSR count). The van der Waals surface area contributed by atoms with Crippen LogP contribution in [0.2, 0.25) is 0 Å². The van der Waals surface area contributed by atoms with Gasteiger partial charge in [-0.25, -0.2) is 0 Å². The minimum Gasteiger partial charge on any atom is -0.355 e. The number of methoxy groups -OCH3 is 2. The summed E-state index contributed by atoms with van der Waals surface area (Å²) in [6, 6.07) is 0. The van der Waals surface area contributed by atoms with Gasteiger partial charge in [0.25, 0.3) is 0 Å². The molecule has 1 unspecified atom stereocenters. The molecule has 0 fully saturated rings. The van der Waals surface area contributed by atoms with Crippen LogP contribution >= 0.6 is 0 Å². The smallest absolute Gasteiger partial charge is 0.355 e. The molecule has 1 atom stereocenters. The van der Waals surface area contributed by atoms with Crippen LogP contribution in [0.25, 0.3) is 0 Å². The molecule has 12 heavy (non-hydrogen) atoms. The molecule has 0 aromatic carbocycles. The van der Waals surface area contributed by atoms with Crippen LogP contribution in [0.3, 0.4) is 0 Å². The first-order valence-corrected chi connectivity index (χ1v) is 3.59. The monoisotopic (exact) mass is 186 g/mol. The molecule has 0 aliphatic carbocycles. The van der Waals surface area contributed by atoms with Crippen molar-refractivity contribution in [3.05, 3.63) is 0 Å². The Hall–Kier alpha value is -0.290. The fraction of sp³-hybridized carbons (Fsp3) is 1.00. The van der Waals surface area contributed by atoms with Gasteiger partial charge in [-0.15, -0.1) is 0 Å². The van der Waals surface area contributed by atoms with E-state index in [0.717, 1.165) is 0 Å². The zero-order valence-corrected chi connectivity index (χ0v) is 7.31. The Morgan fingerprint density at radius 1 is 1.17 bits per heavy atom. The Morgan fingerprint density at radius 2 is 1.58 bits per heavy atom. The predicted octanol–water partition coefficient (Wildman–Crippen LogP) is 2.19. The van der Waals surface area contributed by atoms with Gasteiger partial charge in [0.15, 0.2) is 6.29 Å². The number of hydrogen-bond acceptors (Lipinski definition) is 2. The third-order valence-electron chi connectivity index (χ3n) is 1.65. The van der Waals surface area contributed by atoms with Crippen molar-refractivity contribution < 1.29 is 22.6 Å². The van der Waals surface area contributed by atoms with Crippen LogP contribution in [0.4, 0.5) is 13.2 Å². The Morgan fingerprint density at radius 3 is 1.67 bits per heavy atom. The lowest BCUT2D eigenvalue weighted by Gasteiger charge is -2.25. The fourth-order valence-corrected chi connectivity index (χ4v) is 1.00. The van der Waals surface area contributed by atoms with E-state index in [1.165, 1.54) is 21.1 Å². The maximum Gasteiger partial charge on any atom is 0.396 e. The molecule has 0 aromatic rings. The Balaban J connectivity index is 4.31. The molecule has 0 aliphatic rings. The van der Waals surface area contributed by atoms with Gasteiger partial charge in [0.05, 0.1) is 0 Å². The highest BCUT2D eigenvalue weighted by Gasteiger charge is 2.44. The quantitative estimate of drug-likeness (QED) is 0.626. The maximum atomic E-state index is 12.2. The van der Waals surface area contributed by atoms with E-state index in [4.69, 9.17) is 0 Å². The van der Waals surface area contributed by atoms with E-state index < -0.39 is 18.4 Å². The molecular formula is C7H13F3O2. The molecular weight excluding hydrogens is 173 g/mol. The van der Waals surface area contributed by atoms with Crippen molar-refractivity contribution in [2.45, 2.75) is 25.8 Å². The number of rotatable bonds is 4. The summed E-state index contributed by atoms with van der Waals surface area (Å²) in [5.74, 6) is -1.55. The lowest BCUT2D eigenvalue weighted by molar-refractivity contribution is -0.253. The molecule has 0 saturated heterocycles. The van der Waals surface area contributed by atoms with Gasteiger partial charge in [-0.2, -0.15) is 13.2 Å². The first-order chi connectivity index (χ1) is 5.47. The minimum atomic E-state index is -4.26. The van der Waals surface area contributed by atoms with Gasteiger partial charge < -0.3 is 9.47 Å². The van der Waals surface area contributed by atoms with E-state index >= 15 is 0 Å². The highest BCUT2D eigenvalue weighted by Crippen LogP contribution is 2.32. The molecule has 0 spiro atoms. The normalized spacial score (nSPS) is 15.2. The third-order valence-corrected chi connectivity index (χ3v) is 1.65. The van der Waals surface area contributed by atoms with Gasteiger partial charge in [0.2, 0.25) is 0 Å². The first kappa shape index (κ1) is 11.7. The van der Waals surface area contributed by atoms with Gasteiger partial charge in [0.1, 0.15) is 5.92 Å². The van der Waals surface area contributed by atoms with Crippen molar-refractivity contribution in [1.29, 1.82) is 0 Å². The summed E-state index contributed by atoms with van der Waals surface area (Å²) in [6.07, 6.45) is -5.50. The molecule has 0 N–H and O–H groups in total. The van der Waals surface area contributed by atoms with Crippen molar-refractivity contribution in [1.82, 2.24) is 0 Å². The lowest BCUT2D eigenvalue weighted by Crippen LogP contribution is -2.36. The van der Waals surface area contributed by atoms with E-state index in [-0.39, 0.29) is 6.42 Å². The molecule has 0 aromatic heterocycles. The average Bonchev–Trinajstić information content (AvgIpc) is 1.97. The SMILES string of the molecule is CCC(C(OC)OC)C(F)(F)F. The Bertz CT molecular complexity index is 120. The summed E-state index contributed by atoms with van der Waals surface area (Å²) in [7, 11) is 2.39. The van der Waals surface area contributed by atoms with Crippen LogP contribution in [-0.4, -0.2) is 26.7 Å². The van der Waals surface area contributed by atoms with Crippen molar-refractivity contribution in [3.63, 3.8) is 0 Å². The second-order valence-electron chi connectivity index (χ2n) is 2.40. The van der Waals surface area contributed by atoms with Gasteiger partial charge >= 0.3 is 6.18 Å². The molecule has 74 valence electrons. The largest absolute Gasteiger partial charge is 0.396 e. The standard InChI is InChI=1S/C7H13F3O2/c1-4-5(7(8,9)10)6(11-2)12-3/h5-6H,4H2,1-3H3. The summed E-state index contributed by atoms with van der Waals surface area (Å²) < 4.78 is 45.6. The molecule has 0 radical (unpaired) electrons. The molecule has 0 aliphatic heterocycles. The summed E-state index contributed by atoms with van der Waals surface area (Å²) >= 11 is 0. The highest BCUT2D eigenvalue weighted by molar-refractivity contribution is 4.69. The summed E-state index contributed by atoms with van der Waals surface area (Å²) in [5, 5.41) is 0. The number of ether oxygens (including phenoxy) is 2. The van der Waals surface area contributed by atoms with Crippen molar-refractivity contribution in [3.8, 4) is 0 Å². The molecule has 5 heteroatoms. The minimum absolute atomic E-state index is 0.0458. The van der Waals surface area contributed by atoms with Crippen molar-refractivity contribution in [2.24, 2.45) is 5.92 Å². The second-order valence-corrected chi connectivity index (χ2v) is 2.40. The number of alkyl halides is 3. The third kappa shape index (κ3) is 2.98. The van der Waals surface area contributed by atoms with Gasteiger partial charge in [-0.1, -0.05) is 6.92 Å². The second kappa shape index (κ2) is 4.67. The number of halogens is 3. The fourth-order valence-electron chi connectivity index (χ4n) is 1.00. The van der Waals surface area contributed by atoms with Crippen LogP contribution < -0.4 is 0 Å². The van der Waals surface area contributed by atoms with E-state index in [0.29, 0.717) is 0 Å². The molecule has 0 amide bonds. The average molecular weight is 186 g/mol. The zero-order valence-electron chi connectivity index (χ0n) is 7.31. The van der Waals surface area contributed by atoms with Crippen molar-refractivity contribution >= 4 is 0 Å². The topological polar surface area (TPSA) is 18.5 Å². The number of hydrogen-bond donors (Lipinski definition) is 0. The van der Waals surface area contributed by atoms with Crippen LogP contribution in [0.1, 0.15) is 13.3 Å². The summed E-state index contributed by atoms with van der Waals surface area (Å²) in [5.41, 5.74) is 0. The summed E-state index contributed by atoms with van der Waals surface area (Å²) in [4.78, 5) is 0. The van der Waals surface area contributed by atoms with Gasteiger partial charge in [-0.05, 0) is 6.42 Å². The van der Waals surface area contributed by atoms with Crippen molar-refractivity contribution in [2.75, 3.05) is 14.2 Å². The Labute approximate surface area is 69.7 Å². The highest BCUT2D eigenvalue weighted by atomic mass is 19.4. The molecule has 0 heterocycles. The summed E-state index contributed by atoms with van der Waals surface area (Å²) in [6.45, 7) is 1.45. The van der Waals surface area contributed by atoms with Gasteiger partial charge in [0, 0.05) is 14.2 Å². The van der Waals surface area contributed by atoms with E-state index in [1.54, 1.807) is 0 Å². The first-order valence-electron chi connectivity index (χ1n) is 3.59. The van der Waals surface area contributed by atoms with Crippen LogP contribution in [0, 0.1) is 5.92 Å². The molecule has 0 saturated carbocycles. The van der Waals surface area contributed by atoms with Crippen LogP contribution in [0.15, 0.2) is 0 Å². The van der Waals surface area contributed by atoms with E-state index in [1.807, 2.05) is 0 Å². The zero-order chi connectivity index (χ0) is 9.78. The molecule has 2 nitrogen and oxygen atoms in total. The Kier molecular flexibility index (Phi) is 4.55. The predicted molar refractivity (Wildman–Crippen MR) is 37.6 cm³/mol. The van der Waals surface area contributed by atoms with Crippen LogP contribution in [0.5, 0.6) is 0 Å². The lowest BCUT2D eigenvalue weighted by atomic mass is 10.1. The van der Waals surface area contributed by atoms with E-state index in [9.17, 15) is 13.2 Å². The van der Waals surface area contributed by atoms with Crippen LogP contribution in [-0.2, 0) is 9.47 Å². The van der Waals surface area contributed by atoms with Gasteiger partial charge in [-0.3, -0.25) is 0 Å².